The van der Waals surface area contributed by atoms with Crippen LogP contribution in [0.3, 0.4) is 0 Å². The van der Waals surface area contributed by atoms with E-state index >= 15 is 0 Å². The lowest BCUT2D eigenvalue weighted by molar-refractivity contribution is -0.139. The monoisotopic (exact) mass is 272 g/mol. The second-order valence-corrected chi connectivity index (χ2v) is 4.31. The molecule has 0 amide bonds. The van der Waals surface area contributed by atoms with Crippen LogP contribution in [-0.2, 0) is 4.79 Å². The Morgan fingerprint density at radius 2 is 2.07 bits per heavy atom. The van der Waals surface area contributed by atoms with Crippen molar-refractivity contribution in [3.8, 4) is 0 Å². The summed E-state index contributed by atoms with van der Waals surface area (Å²) in [6, 6.07) is 3.76. The van der Waals surface area contributed by atoms with E-state index < -0.39 is 18.1 Å². The number of hydrogen-bond acceptors (Lipinski definition) is 3. The minimum absolute atomic E-state index is 0.694. The first-order valence-corrected chi connectivity index (χ1v) is 5.23. The van der Waals surface area contributed by atoms with Crippen LogP contribution in [-0.4, -0.2) is 17.1 Å². The van der Waals surface area contributed by atoms with E-state index in [9.17, 15) is 4.79 Å². The molecule has 82 valence electrons. The van der Waals surface area contributed by atoms with Gasteiger partial charge in [-0.15, -0.1) is 0 Å². The first-order chi connectivity index (χ1) is 6.93. The van der Waals surface area contributed by atoms with Gasteiger partial charge in [-0.25, -0.2) is 0 Å². The fraction of sp³-hybridized carbons (Fsp3) is 0.300. The van der Waals surface area contributed by atoms with Crippen molar-refractivity contribution in [1.29, 1.82) is 0 Å². The summed E-state index contributed by atoms with van der Waals surface area (Å²) >= 11 is 3.31. The number of carboxylic acids is 1. The highest BCUT2D eigenvalue weighted by molar-refractivity contribution is 9.10. The molecule has 4 nitrogen and oxygen atoms in total. The molecule has 0 saturated carbocycles. The molecule has 0 aliphatic heterocycles. The van der Waals surface area contributed by atoms with E-state index in [-0.39, 0.29) is 0 Å². The third-order valence-corrected chi connectivity index (χ3v) is 2.77. The van der Waals surface area contributed by atoms with E-state index in [1.165, 1.54) is 0 Å². The highest BCUT2D eigenvalue weighted by Crippen LogP contribution is 2.22. The molecular weight excluding hydrogens is 260 g/mol. The van der Waals surface area contributed by atoms with Crippen LogP contribution >= 0.6 is 15.9 Å². The van der Waals surface area contributed by atoms with Crippen LogP contribution in [0.25, 0.3) is 0 Å². The van der Waals surface area contributed by atoms with Crippen molar-refractivity contribution < 1.29 is 9.90 Å². The van der Waals surface area contributed by atoms with E-state index in [4.69, 9.17) is 16.6 Å². The van der Waals surface area contributed by atoms with Gasteiger partial charge in [-0.05, 0) is 30.2 Å². The van der Waals surface area contributed by atoms with Gasteiger partial charge < -0.3 is 16.6 Å². The van der Waals surface area contributed by atoms with Crippen molar-refractivity contribution in [1.82, 2.24) is 0 Å². The third-order valence-electron chi connectivity index (χ3n) is 2.27. The number of rotatable bonds is 3. The van der Waals surface area contributed by atoms with Crippen molar-refractivity contribution in [2.24, 2.45) is 11.5 Å². The van der Waals surface area contributed by atoms with Crippen LogP contribution in [0.2, 0.25) is 0 Å². The summed E-state index contributed by atoms with van der Waals surface area (Å²) in [5.41, 5.74) is 12.9. The molecule has 0 spiro atoms. The first kappa shape index (κ1) is 12.2. The molecule has 1 aromatic carbocycles. The summed E-state index contributed by atoms with van der Waals surface area (Å²) < 4.78 is 0.858. The van der Waals surface area contributed by atoms with Crippen LogP contribution in [0.1, 0.15) is 17.2 Å². The quantitative estimate of drug-likeness (QED) is 0.771. The van der Waals surface area contributed by atoms with Crippen LogP contribution < -0.4 is 11.5 Å². The molecule has 0 radical (unpaired) electrons. The second-order valence-electron chi connectivity index (χ2n) is 3.39. The lowest BCUT2D eigenvalue weighted by atomic mass is 9.97. The van der Waals surface area contributed by atoms with E-state index in [2.05, 4.69) is 15.9 Å². The Morgan fingerprint density at radius 1 is 1.47 bits per heavy atom. The van der Waals surface area contributed by atoms with Gasteiger partial charge in [0.15, 0.2) is 0 Å². The van der Waals surface area contributed by atoms with Crippen molar-refractivity contribution in [2.45, 2.75) is 19.0 Å². The number of halogens is 1. The number of nitrogens with two attached hydrogens (primary N) is 2. The summed E-state index contributed by atoms with van der Waals surface area (Å²) in [4.78, 5) is 10.7. The van der Waals surface area contributed by atoms with E-state index in [1.807, 2.05) is 19.1 Å². The zero-order chi connectivity index (χ0) is 11.6. The summed E-state index contributed by atoms with van der Waals surface area (Å²) in [6.07, 6.45) is 0. The number of carbonyl (C=O) groups is 1. The van der Waals surface area contributed by atoms with Gasteiger partial charge >= 0.3 is 5.97 Å². The van der Waals surface area contributed by atoms with Gasteiger partial charge in [-0.3, -0.25) is 4.79 Å². The van der Waals surface area contributed by atoms with Crippen molar-refractivity contribution >= 4 is 21.9 Å². The fourth-order valence-corrected chi connectivity index (χ4v) is 1.70. The number of benzene rings is 1. The van der Waals surface area contributed by atoms with Gasteiger partial charge in [0, 0.05) is 4.47 Å². The predicted molar refractivity (Wildman–Crippen MR) is 61.4 cm³/mol. The average Bonchev–Trinajstić information content (AvgIpc) is 2.19. The smallest absolute Gasteiger partial charge is 0.322 e. The van der Waals surface area contributed by atoms with E-state index in [1.54, 1.807) is 6.07 Å². The van der Waals surface area contributed by atoms with Crippen LogP contribution in [0, 0.1) is 6.92 Å². The molecule has 0 bridgehead atoms. The Kier molecular flexibility index (Phi) is 3.84. The predicted octanol–water partition coefficient (Wildman–Crippen LogP) is 1.17. The Labute approximate surface area is 96.4 Å². The van der Waals surface area contributed by atoms with Crippen LogP contribution in [0.5, 0.6) is 0 Å². The van der Waals surface area contributed by atoms with Crippen molar-refractivity contribution in [3.63, 3.8) is 0 Å². The standard InChI is InChI=1S/C10H13BrN2O2/c1-5-2-3-6(11)4-7(5)8(12)9(13)10(14)15/h2-4,8-9H,12-13H2,1H3,(H,14,15). The molecule has 2 atom stereocenters. The lowest BCUT2D eigenvalue weighted by Crippen LogP contribution is -2.41. The molecule has 15 heavy (non-hydrogen) atoms. The number of carboxylic acid groups (broad SMARTS) is 1. The van der Waals surface area contributed by atoms with Gasteiger partial charge in [0.1, 0.15) is 6.04 Å². The SMILES string of the molecule is Cc1ccc(Br)cc1C(N)C(N)C(=O)O. The molecule has 0 heterocycles. The van der Waals surface area contributed by atoms with Crippen LogP contribution in [0.15, 0.2) is 22.7 Å². The Morgan fingerprint density at radius 3 is 2.60 bits per heavy atom. The number of aliphatic carboxylic acids is 1. The molecule has 0 aliphatic carbocycles. The molecule has 0 fully saturated rings. The van der Waals surface area contributed by atoms with Crippen molar-refractivity contribution in [3.05, 3.63) is 33.8 Å². The molecule has 5 heteroatoms. The highest BCUT2D eigenvalue weighted by atomic mass is 79.9. The number of aryl methyl sites for hydroxylation is 1. The normalized spacial score (nSPS) is 14.7. The molecule has 1 aromatic rings. The van der Waals surface area contributed by atoms with Gasteiger partial charge in [0.2, 0.25) is 0 Å². The lowest BCUT2D eigenvalue weighted by Gasteiger charge is -2.18. The molecule has 0 aromatic heterocycles. The Hall–Kier alpha value is -0.910. The minimum Gasteiger partial charge on any atom is -0.480 e. The molecule has 5 N–H and O–H groups in total. The Balaban J connectivity index is 3.04. The summed E-state index contributed by atoms with van der Waals surface area (Å²) in [7, 11) is 0. The maximum atomic E-state index is 10.7. The first-order valence-electron chi connectivity index (χ1n) is 4.43. The fourth-order valence-electron chi connectivity index (χ4n) is 1.32. The van der Waals surface area contributed by atoms with Gasteiger partial charge in [0.25, 0.3) is 0 Å². The average molecular weight is 273 g/mol. The molecule has 2 unspecified atom stereocenters. The van der Waals surface area contributed by atoms with Gasteiger partial charge in [0.05, 0.1) is 6.04 Å². The summed E-state index contributed by atoms with van der Waals surface area (Å²) in [5, 5.41) is 8.76. The maximum absolute atomic E-state index is 10.7. The van der Waals surface area contributed by atoms with Crippen LogP contribution in [0.4, 0.5) is 0 Å². The van der Waals surface area contributed by atoms with E-state index in [0.717, 1.165) is 15.6 Å². The zero-order valence-corrected chi connectivity index (χ0v) is 9.86. The molecule has 0 saturated heterocycles. The summed E-state index contributed by atoms with van der Waals surface area (Å²) in [5.74, 6) is -1.10. The molecule has 0 aliphatic rings. The van der Waals surface area contributed by atoms with Gasteiger partial charge in [-0.2, -0.15) is 0 Å². The topological polar surface area (TPSA) is 89.3 Å². The molecule has 1 rings (SSSR count). The molecular formula is C10H13BrN2O2. The van der Waals surface area contributed by atoms with Gasteiger partial charge in [-0.1, -0.05) is 22.0 Å². The zero-order valence-electron chi connectivity index (χ0n) is 8.27. The van der Waals surface area contributed by atoms with E-state index in [0.29, 0.717) is 0 Å². The largest absolute Gasteiger partial charge is 0.480 e. The highest BCUT2D eigenvalue weighted by Gasteiger charge is 2.23. The summed E-state index contributed by atoms with van der Waals surface area (Å²) in [6.45, 7) is 1.87. The minimum atomic E-state index is -1.10. The Bertz CT molecular complexity index is 382. The second kappa shape index (κ2) is 4.74. The third kappa shape index (κ3) is 2.77. The van der Waals surface area contributed by atoms with Crippen molar-refractivity contribution in [2.75, 3.05) is 0 Å². The number of hydrogen-bond donors (Lipinski definition) is 3. The maximum Gasteiger partial charge on any atom is 0.322 e.